The lowest BCUT2D eigenvalue weighted by Gasteiger charge is -2.31. The standard InChI is InChI=1S/C40H75NO7/c1-6-8-10-12-14-16-17-18-19-20-21-22-23-25-26-28-30-38(42)47-35-36(34-46-33-32-37(40(44)45)41(3,4)5)48-39(43)31-29-27-24-15-13-11-9-7-2/h19-20,36-37H,6-18,21-35H2,1-5H3/p+1/b20-19+. The summed E-state index contributed by atoms with van der Waals surface area (Å²) in [6, 6.07) is -0.609. The van der Waals surface area contributed by atoms with Crippen LogP contribution < -0.4 is 0 Å². The summed E-state index contributed by atoms with van der Waals surface area (Å²) >= 11 is 0. The Balaban J connectivity index is 4.32. The third-order valence-electron chi connectivity index (χ3n) is 8.91. The minimum Gasteiger partial charge on any atom is -0.477 e. The van der Waals surface area contributed by atoms with Crippen molar-refractivity contribution in [3.63, 3.8) is 0 Å². The summed E-state index contributed by atoms with van der Waals surface area (Å²) in [6.45, 7) is 4.69. The van der Waals surface area contributed by atoms with Crippen LogP contribution in [0.25, 0.3) is 0 Å². The van der Waals surface area contributed by atoms with E-state index in [1.54, 1.807) is 0 Å². The third kappa shape index (κ3) is 30.2. The molecular formula is C40H76NO7+. The van der Waals surface area contributed by atoms with E-state index in [9.17, 15) is 19.5 Å². The Morgan fingerprint density at radius 1 is 0.604 bits per heavy atom. The quantitative estimate of drug-likeness (QED) is 0.0307. The topological polar surface area (TPSA) is 99.1 Å². The van der Waals surface area contributed by atoms with Crippen molar-refractivity contribution >= 4 is 17.9 Å². The predicted molar refractivity (Wildman–Crippen MR) is 197 cm³/mol. The van der Waals surface area contributed by atoms with Gasteiger partial charge >= 0.3 is 17.9 Å². The summed E-state index contributed by atoms with van der Waals surface area (Å²) in [5.74, 6) is -1.48. The van der Waals surface area contributed by atoms with Crippen LogP contribution >= 0.6 is 0 Å². The molecule has 0 radical (unpaired) electrons. The van der Waals surface area contributed by atoms with E-state index >= 15 is 0 Å². The van der Waals surface area contributed by atoms with Crippen LogP contribution in [0.2, 0.25) is 0 Å². The highest BCUT2D eigenvalue weighted by atomic mass is 16.6. The molecule has 0 rings (SSSR count). The van der Waals surface area contributed by atoms with Gasteiger partial charge in [-0.05, 0) is 38.5 Å². The van der Waals surface area contributed by atoms with Gasteiger partial charge in [0.2, 0.25) is 0 Å². The van der Waals surface area contributed by atoms with Crippen LogP contribution in [0, 0.1) is 0 Å². The first kappa shape index (κ1) is 46.1. The number of carboxylic acid groups (broad SMARTS) is 1. The lowest BCUT2D eigenvalue weighted by Crippen LogP contribution is -2.50. The van der Waals surface area contributed by atoms with E-state index in [0.29, 0.717) is 19.3 Å². The van der Waals surface area contributed by atoms with Crippen molar-refractivity contribution in [2.45, 2.75) is 187 Å². The van der Waals surface area contributed by atoms with E-state index in [4.69, 9.17) is 14.2 Å². The molecule has 0 saturated carbocycles. The highest BCUT2D eigenvalue weighted by Gasteiger charge is 2.31. The van der Waals surface area contributed by atoms with Crippen LogP contribution in [0.15, 0.2) is 12.2 Å². The summed E-state index contributed by atoms with van der Waals surface area (Å²) in [4.78, 5) is 36.7. The van der Waals surface area contributed by atoms with Crippen LogP contribution in [0.3, 0.4) is 0 Å². The predicted octanol–water partition coefficient (Wildman–Crippen LogP) is 9.97. The summed E-state index contributed by atoms with van der Waals surface area (Å²) in [6.07, 6.45) is 31.1. The highest BCUT2D eigenvalue weighted by molar-refractivity contribution is 5.72. The van der Waals surface area contributed by atoms with Crippen molar-refractivity contribution < 1.29 is 38.2 Å². The second-order valence-corrected chi connectivity index (χ2v) is 14.5. The summed E-state index contributed by atoms with van der Waals surface area (Å²) in [5.41, 5.74) is 0. The number of rotatable bonds is 35. The zero-order valence-corrected chi connectivity index (χ0v) is 32.0. The Kier molecular flexibility index (Phi) is 31.0. The first-order valence-electron chi connectivity index (χ1n) is 19.7. The van der Waals surface area contributed by atoms with Gasteiger partial charge in [0, 0.05) is 19.3 Å². The Bertz CT molecular complexity index is 808. The van der Waals surface area contributed by atoms with Gasteiger partial charge in [-0.3, -0.25) is 9.59 Å². The number of unbranched alkanes of at least 4 members (excludes halogenated alkanes) is 19. The molecule has 2 atom stereocenters. The lowest BCUT2D eigenvalue weighted by atomic mass is 10.1. The third-order valence-corrected chi connectivity index (χ3v) is 8.91. The number of likely N-dealkylation sites (N-methyl/N-ethyl adjacent to an activating group) is 1. The summed E-state index contributed by atoms with van der Waals surface area (Å²) in [5, 5.41) is 9.57. The maximum atomic E-state index is 12.6. The largest absolute Gasteiger partial charge is 0.477 e. The molecule has 0 aliphatic carbocycles. The van der Waals surface area contributed by atoms with Crippen LogP contribution in [-0.4, -0.2) is 80.6 Å². The molecule has 0 amide bonds. The number of aliphatic carboxylic acids is 1. The number of carbonyl (C=O) groups is 3. The first-order valence-corrected chi connectivity index (χ1v) is 19.7. The van der Waals surface area contributed by atoms with Crippen molar-refractivity contribution in [1.29, 1.82) is 0 Å². The van der Waals surface area contributed by atoms with Gasteiger partial charge in [0.1, 0.15) is 6.61 Å². The van der Waals surface area contributed by atoms with Crippen LogP contribution in [0.5, 0.6) is 0 Å². The molecule has 282 valence electrons. The van der Waals surface area contributed by atoms with Gasteiger partial charge in [0.05, 0.1) is 34.4 Å². The number of allylic oxidation sites excluding steroid dienone is 2. The van der Waals surface area contributed by atoms with Crippen molar-refractivity contribution in [3.8, 4) is 0 Å². The molecule has 0 aliphatic heterocycles. The van der Waals surface area contributed by atoms with Crippen molar-refractivity contribution in [1.82, 2.24) is 0 Å². The molecule has 0 bridgehead atoms. The summed E-state index contributed by atoms with van der Waals surface area (Å²) < 4.78 is 17.2. The maximum absolute atomic E-state index is 12.6. The van der Waals surface area contributed by atoms with Gasteiger partial charge in [0.25, 0.3) is 0 Å². The van der Waals surface area contributed by atoms with Crippen molar-refractivity contribution in [2.24, 2.45) is 0 Å². The maximum Gasteiger partial charge on any atom is 0.362 e. The Labute approximate surface area is 295 Å². The van der Waals surface area contributed by atoms with E-state index in [1.165, 1.54) is 96.3 Å². The minimum atomic E-state index is -0.876. The highest BCUT2D eigenvalue weighted by Crippen LogP contribution is 2.14. The van der Waals surface area contributed by atoms with Gasteiger partial charge in [-0.1, -0.05) is 129 Å². The zero-order valence-electron chi connectivity index (χ0n) is 32.0. The SMILES string of the molecule is CCCCCCCCC/C=C/CCCCCCCC(=O)OCC(COCCC(C(=O)O)[N+](C)(C)C)OC(=O)CCCCCCCCCC. The van der Waals surface area contributed by atoms with E-state index < -0.39 is 18.1 Å². The molecule has 0 aromatic heterocycles. The molecule has 1 N–H and O–H groups in total. The van der Waals surface area contributed by atoms with Crippen LogP contribution in [-0.2, 0) is 28.6 Å². The van der Waals surface area contributed by atoms with E-state index in [1.807, 2.05) is 21.1 Å². The zero-order chi connectivity index (χ0) is 35.7. The molecule has 0 saturated heterocycles. The fraction of sp³-hybridized carbons (Fsp3) is 0.875. The Morgan fingerprint density at radius 3 is 1.50 bits per heavy atom. The normalized spacial score (nSPS) is 13.1. The van der Waals surface area contributed by atoms with Crippen LogP contribution in [0.4, 0.5) is 0 Å². The number of esters is 2. The fourth-order valence-corrected chi connectivity index (χ4v) is 5.79. The Hall–Kier alpha value is -1.93. The summed E-state index contributed by atoms with van der Waals surface area (Å²) in [7, 11) is 5.51. The molecule has 8 heteroatoms. The van der Waals surface area contributed by atoms with Gasteiger partial charge in [-0.25, -0.2) is 4.79 Å². The van der Waals surface area contributed by atoms with Gasteiger partial charge in [0.15, 0.2) is 12.1 Å². The molecule has 0 fully saturated rings. The smallest absolute Gasteiger partial charge is 0.362 e. The molecule has 0 aromatic carbocycles. The average molecular weight is 683 g/mol. The molecule has 0 aliphatic rings. The van der Waals surface area contributed by atoms with Crippen LogP contribution in [0.1, 0.15) is 174 Å². The number of quaternary nitrogens is 1. The Morgan fingerprint density at radius 2 is 1.04 bits per heavy atom. The lowest BCUT2D eigenvalue weighted by molar-refractivity contribution is -0.887. The second kappa shape index (κ2) is 32.3. The molecule has 8 nitrogen and oxygen atoms in total. The van der Waals surface area contributed by atoms with Gasteiger partial charge in [-0.2, -0.15) is 0 Å². The second-order valence-electron chi connectivity index (χ2n) is 14.5. The molecule has 0 spiro atoms. The molecule has 2 unspecified atom stereocenters. The van der Waals surface area contributed by atoms with Gasteiger partial charge < -0.3 is 23.8 Å². The number of nitrogens with zero attached hydrogens (tertiary/aromatic N) is 1. The average Bonchev–Trinajstić information content (AvgIpc) is 3.03. The van der Waals surface area contributed by atoms with E-state index in [-0.39, 0.29) is 36.2 Å². The molecule has 0 heterocycles. The number of carboxylic acids is 1. The van der Waals surface area contributed by atoms with E-state index in [0.717, 1.165) is 44.9 Å². The number of ether oxygens (including phenoxy) is 3. The molecular weight excluding hydrogens is 606 g/mol. The minimum absolute atomic E-state index is 0.0507. The number of hydrogen-bond donors (Lipinski definition) is 1. The first-order chi connectivity index (χ1) is 23.1. The monoisotopic (exact) mass is 683 g/mol. The number of carbonyl (C=O) groups excluding carboxylic acids is 2. The van der Waals surface area contributed by atoms with Gasteiger partial charge in [-0.15, -0.1) is 0 Å². The number of hydrogen-bond acceptors (Lipinski definition) is 6. The van der Waals surface area contributed by atoms with Crippen molar-refractivity contribution in [3.05, 3.63) is 12.2 Å². The molecule has 0 aromatic rings. The van der Waals surface area contributed by atoms with E-state index in [2.05, 4.69) is 26.0 Å². The molecule has 48 heavy (non-hydrogen) atoms. The fourth-order valence-electron chi connectivity index (χ4n) is 5.79. The van der Waals surface area contributed by atoms with Crippen molar-refractivity contribution in [2.75, 3.05) is 41.0 Å².